The van der Waals surface area contributed by atoms with E-state index in [9.17, 15) is 14.4 Å². The smallest absolute Gasteiger partial charge is 0.253 e. The van der Waals surface area contributed by atoms with E-state index in [0.717, 1.165) is 12.8 Å². The molecule has 0 radical (unpaired) electrons. The second kappa shape index (κ2) is 8.55. The van der Waals surface area contributed by atoms with E-state index in [4.69, 9.17) is 0 Å². The van der Waals surface area contributed by atoms with E-state index in [2.05, 4.69) is 5.32 Å². The first-order valence-electron chi connectivity index (χ1n) is 10.0. The molecule has 1 aromatic carbocycles. The molecule has 2 fully saturated rings. The Morgan fingerprint density at radius 2 is 1.70 bits per heavy atom. The van der Waals surface area contributed by atoms with Crippen molar-refractivity contribution in [2.75, 3.05) is 31.5 Å². The number of carbonyl (C=O) groups excluding carboxylic acids is 3. The Morgan fingerprint density at radius 3 is 2.30 bits per heavy atom. The van der Waals surface area contributed by atoms with Crippen LogP contribution < -0.4 is 5.32 Å². The summed E-state index contributed by atoms with van der Waals surface area (Å²) in [5.41, 5.74) is 1.23. The van der Waals surface area contributed by atoms with Gasteiger partial charge >= 0.3 is 0 Å². The number of hydrogen-bond acceptors (Lipinski definition) is 3. The van der Waals surface area contributed by atoms with Gasteiger partial charge in [-0.1, -0.05) is 6.07 Å². The minimum absolute atomic E-state index is 0.0250. The Kier molecular flexibility index (Phi) is 6.14. The van der Waals surface area contributed by atoms with Crippen molar-refractivity contribution in [2.24, 2.45) is 11.8 Å². The van der Waals surface area contributed by atoms with Gasteiger partial charge in [-0.2, -0.15) is 0 Å². The van der Waals surface area contributed by atoms with Crippen LogP contribution in [0.5, 0.6) is 0 Å². The van der Waals surface area contributed by atoms with Crippen LogP contribution in [0.2, 0.25) is 0 Å². The number of nitrogens with zero attached hydrogens (tertiary/aromatic N) is 2. The van der Waals surface area contributed by atoms with Crippen molar-refractivity contribution in [3.05, 3.63) is 29.8 Å². The number of rotatable bonds is 6. The fraction of sp³-hybridized carbons (Fsp3) is 0.571. The number of hydrogen-bond donors (Lipinski definition) is 1. The molecule has 3 rings (SSSR count). The number of likely N-dealkylation sites (tertiary alicyclic amines) is 1. The van der Waals surface area contributed by atoms with Crippen molar-refractivity contribution < 1.29 is 14.4 Å². The highest BCUT2D eigenvalue weighted by molar-refractivity contribution is 5.97. The average Bonchev–Trinajstić information content (AvgIpc) is 3.54. The summed E-state index contributed by atoms with van der Waals surface area (Å²) in [7, 11) is 0. The Hall–Kier alpha value is -2.37. The van der Waals surface area contributed by atoms with Gasteiger partial charge in [-0.15, -0.1) is 0 Å². The Morgan fingerprint density at radius 1 is 1.04 bits per heavy atom. The van der Waals surface area contributed by atoms with E-state index >= 15 is 0 Å². The lowest BCUT2D eigenvalue weighted by molar-refractivity contribution is -0.135. The lowest BCUT2D eigenvalue weighted by Gasteiger charge is -2.31. The van der Waals surface area contributed by atoms with E-state index < -0.39 is 0 Å². The summed E-state index contributed by atoms with van der Waals surface area (Å²) in [4.78, 5) is 40.9. The third-order valence-corrected chi connectivity index (χ3v) is 5.53. The van der Waals surface area contributed by atoms with Crippen molar-refractivity contribution in [1.29, 1.82) is 0 Å². The van der Waals surface area contributed by atoms with Crippen LogP contribution in [0, 0.1) is 11.8 Å². The number of anilines is 1. The molecule has 0 bridgehead atoms. The number of amides is 3. The van der Waals surface area contributed by atoms with E-state index in [1.165, 1.54) is 0 Å². The predicted molar refractivity (Wildman–Crippen MR) is 104 cm³/mol. The predicted octanol–water partition coefficient (Wildman–Crippen LogP) is 2.76. The molecule has 1 N–H and O–H groups in total. The molecule has 146 valence electrons. The summed E-state index contributed by atoms with van der Waals surface area (Å²) in [6.07, 6.45) is 3.42. The van der Waals surface area contributed by atoms with Crippen LogP contribution in [-0.4, -0.2) is 53.7 Å². The van der Waals surface area contributed by atoms with Gasteiger partial charge in [0.25, 0.3) is 5.91 Å². The topological polar surface area (TPSA) is 69.7 Å². The summed E-state index contributed by atoms with van der Waals surface area (Å²) >= 11 is 0. The molecular weight excluding hydrogens is 342 g/mol. The first-order valence-corrected chi connectivity index (χ1v) is 10.0. The summed E-state index contributed by atoms with van der Waals surface area (Å²) in [6, 6.07) is 7.12. The summed E-state index contributed by atoms with van der Waals surface area (Å²) < 4.78 is 0. The molecule has 1 heterocycles. The Bertz CT molecular complexity index is 702. The van der Waals surface area contributed by atoms with Gasteiger partial charge in [-0.05, 0) is 57.7 Å². The maximum Gasteiger partial charge on any atom is 0.253 e. The Labute approximate surface area is 160 Å². The third kappa shape index (κ3) is 4.67. The lowest BCUT2D eigenvalue weighted by Crippen LogP contribution is -2.42. The van der Waals surface area contributed by atoms with Gasteiger partial charge in [0.15, 0.2) is 0 Å². The fourth-order valence-electron chi connectivity index (χ4n) is 3.62. The van der Waals surface area contributed by atoms with Crippen molar-refractivity contribution in [3.8, 4) is 0 Å². The highest BCUT2D eigenvalue weighted by Gasteiger charge is 2.36. The van der Waals surface area contributed by atoms with E-state index in [0.29, 0.717) is 50.3 Å². The molecule has 1 aliphatic carbocycles. The van der Waals surface area contributed by atoms with Crippen LogP contribution in [-0.2, 0) is 9.59 Å². The van der Waals surface area contributed by atoms with Crippen LogP contribution in [0.1, 0.15) is 49.9 Å². The van der Waals surface area contributed by atoms with Gasteiger partial charge in [0.2, 0.25) is 11.8 Å². The summed E-state index contributed by atoms with van der Waals surface area (Å²) in [6.45, 7) is 6.54. The second-order valence-corrected chi connectivity index (χ2v) is 7.42. The molecule has 1 saturated carbocycles. The van der Waals surface area contributed by atoms with Crippen LogP contribution in [0.4, 0.5) is 5.69 Å². The molecule has 2 aliphatic rings. The SMILES string of the molecule is CCN(CC)C(=O)c1cccc(NC(=O)C2CCN(C(=O)C3CC3)CC2)c1. The lowest BCUT2D eigenvalue weighted by atomic mass is 9.95. The zero-order chi connectivity index (χ0) is 19.4. The van der Waals surface area contributed by atoms with Crippen molar-refractivity contribution in [3.63, 3.8) is 0 Å². The molecule has 0 atom stereocenters. The minimum Gasteiger partial charge on any atom is -0.342 e. The van der Waals surface area contributed by atoms with Crippen LogP contribution in [0.15, 0.2) is 24.3 Å². The summed E-state index contributed by atoms with van der Waals surface area (Å²) in [5.74, 6) is 0.359. The number of piperidine rings is 1. The Balaban J connectivity index is 1.56. The standard InChI is InChI=1S/C21H29N3O3/c1-3-23(4-2)21(27)17-6-5-7-18(14-17)22-19(25)15-10-12-24(13-11-15)20(26)16-8-9-16/h5-7,14-16H,3-4,8-13H2,1-2H3,(H,22,25). The zero-order valence-corrected chi connectivity index (χ0v) is 16.2. The van der Waals surface area contributed by atoms with Crippen molar-refractivity contribution in [2.45, 2.75) is 39.5 Å². The third-order valence-electron chi connectivity index (χ3n) is 5.53. The van der Waals surface area contributed by atoms with Crippen molar-refractivity contribution in [1.82, 2.24) is 9.80 Å². The van der Waals surface area contributed by atoms with Gasteiger partial charge in [0.1, 0.15) is 0 Å². The van der Waals surface area contributed by atoms with Crippen molar-refractivity contribution >= 4 is 23.4 Å². The first kappa shape index (κ1) is 19.4. The fourth-order valence-corrected chi connectivity index (χ4v) is 3.62. The van der Waals surface area contributed by atoms with Crippen LogP contribution >= 0.6 is 0 Å². The number of benzene rings is 1. The average molecular weight is 371 g/mol. The monoisotopic (exact) mass is 371 g/mol. The highest BCUT2D eigenvalue weighted by Crippen LogP contribution is 2.32. The molecule has 1 saturated heterocycles. The van der Waals surface area contributed by atoms with E-state index in [-0.39, 0.29) is 29.6 Å². The second-order valence-electron chi connectivity index (χ2n) is 7.42. The molecule has 3 amide bonds. The first-order chi connectivity index (χ1) is 13.0. The molecule has 1 aliphatic heterocycles. The number of nitrogens with one attached hydrogen (secondary N) is 1. The van der Waals surface area contributed by atoms with Gasteiger partial charge in [0, 0.05) is 49.3 Å². The normalized spacial score (nSPS) is 17.5. The maximum absolute atomic E-state index is 12.6. The molecule has 27 heavy (non-hydrogen) atoms. The van der Waals surface area contributed by atoms with Crippen LogP contribution in [0.25, 0.3) is 0 Å². The molecule has 0 aromatic heterocycles. The van der Waals surface area contributed by atoms with Gasteiger partial charge < -0.3 is 15.1 Å². The summed E-state index contributed by atoms with van der Waals surface area (Å²) in [5, 5.41) is 2.95. The molecule has 6 nitrogen and oxygen atoms in total. The molecule has 1 aromatic rings. The van der Waals surface area contributed by atoms with E-state index in [1.54, 1.807) is 23.1 Å². The quantitative estimate of drug-likeness (QED) is 0.836. The molecule has 0 unspecified atom stereocenters. The molecule has 0 spiro atoms. The molecular formula is C21H29N3O3. The zero-order valence-electron chi connectivity index (χ0n) is 16.2. The number of carbonyl (C=O) groups is 3. The maximum atomic E-state index is 12.6. The van der Waals surface area contributed by atoms with E-state index in [1.807, 2.05) is 24.8 Å². The highest BCUT2D eigenvalue weighted by atomic mass is 16.2. The van der Waals surface area contributed by atoms with Gasteiger partial charge in [-0.25, -0.2) is 0 Å². The van der Waals surface area contributed by atoms with Gasteiger partial charge in [-0.3, -0.25) is 14.4 Å². The van der Waals surface area contributed by atoms with Gasteiger partial charge in [0.05, 0.1) is 0 Å². The largest absolute Gasteiger partial charge is 0.342 e. The van der Waals surface area contributed by atoms with Crippen LogP contribution in [0.3, 0.4) is 0 Å². The minimum atomic E-state index is -0.0876. The molecule has 6 heteroatoms.